The van der Waals surface area contributed by atoms with Crippen LogP contribution in [0.2, 0.25) is 0 Å². The third-order valence-electron chi connectivity index (χ3n) is 2.72. The van der Waals surface area contributed by atoms with E-state index in [1.54, 1.807) is 12.1 Å². The molecule has 16 heavy (non-hydrogen) atoms. The first-order valence-electron chi connectivity index (χ1n) is 5.57. The molecule has 1 aromatic carbocycles. The molecule has 0 fully saturated rings. The lowest BCUT2D eigenvalue weighted by molar-refractivity contribution is 0.0780. The standard InChI is InChI=1S/C13H19FOS/c1-10(2)12(9-16)8-15-7-11-5-3-4-6-13(11)14/h3-6,10,12,16H,7-9H2,1-2H3. The van der Waals surface area contributed by atoms with Crippen LogP contribution < -0.4 is 0 Å². The predicted molar refractivity (Wildman–Crippen MR) is 68.2 cm³/mol. The normalized spacial score (nSPS) is 13.1. The van der Waals surface area contributed by atoms with Gasteiger partial charge in [0.15, 0.2) is 0 Å². The summed E-state index contributed by atoms with van der Waals surface area (Å²) in [5, 5.41) is 0. The van der Waals surface area contributed by atoms with Crippen LogP contribution in [-0.4, -0.2) is 12.4 Å². The summed E-state index contributed by atoms with van der Waals surface area (Å²) >= 11 is 4.28. The molecule has 0 saturated carbocycles. The zero-order valence-electron chi connectivity index (χ0n) is 9.82. The van der Waals surface area contributed by atoms with E-state index in [9.17, 15) is 4.39 Å². The van der Waals surface area contributed by atoms with E-state index in [-0.39, 0.29) is 5.82 Å². The summed E-state index contributed by atoms with van der Waals surface area (Å²) in [5.41, 5.74) is 0.615. The Kier molecular flexibility index (Phi) is 5.85. The van der Waals surface area contributed by atoms with E-state index in [0.29, 0.717) is 30.6 Å². The van der Waals surface area contributed by atoms with Crippen LogP contribution in [-0.2, 0) is 11.3 Å². The van der Waals surface area contributed by atoms with E-state index in [2.05, 4.69) is 26.5 Å². The van der Waals surface area contributed by atoms with E-state index >= 15 is 0 Å². The van der Waals surface area contributed by atoms with Crippen molar-refractivity contribution in [2.45, 2.75) is 20.5 Å². The molecule has 1 aromatic rings. The Morgan fingerprint density at radius 3 is 2.56 bits per heavy atom. The predicted octanol–water partition coefficient (Wildman–Crippen LogP) is 3.54. The minimum atomic E-state index is -0.200. The van der Waals surface area contributed by atoms with Gasteiger partial charge in [0.1, 0.15) is 5.82 Å². The summed E-state index contributed by atoms with van der Waals surface area (Å²) < 4.78 is 18.8. The summed E-state index contributed by atoms with van der Waals surface area (Å²) in [4.78, 5) is 0. The Balaban J connectivity index is 2.38. The molecule has 0 radical (unpaired) electrons. The van der Waals surface area contributed by atoms with Gasteiger partial charge >= 0.3 is 0 Å². The van der Waals surface area contributed by atoms with Gasteiger partial charge in [-0.1, -0.05) is 32.0 Å². The third kappa shape index (κ3) is 4.14. The molecule has 1 nitrogen and oxygen atoms in total. The van der Waals surface area contributed by atoms with Crippen LogP contribution in [0.25, 0.3) is 0 Å². The third-order valence-corrected chi connectivity index (χ3v) is 3.19. The second kappa shape index (κ2) is 6.92. The van der Waals surface area contributed by atoms with Crippen molar-refractivity contribution in [3.05, 3.63) is 35.6 Å². The maximum Gasteiger partial charge on any atom is 0.128 e. The lowest BCUT2D eigenvalue weighted by Gasteiger charge is -2.18. The van der Waals surface area contributed by atoms with Crippen molar-refractivity contribution in [3.63, 3.8) is 0 Å². The zero-order valence-corrected chi connectivity index (χ0v) is 10.7. The molecule has 0 bridgehead atoms. The molecule has 1 atom stereocenters. The topological polar surface area (TPSA) is 9.23 Å². The fourth-order valence-corrected chi connectivity index (χ4v) is 1.92. The van der Waals surface area contributed by atoms with Crippen LogP contribution in [0.3, 0.4) is 0 Å². The highest BCUT2D eigenvalue weighted by Gasteiger charge is 2.11. The van der Waals surface area contributed by atoms with Crippen molar-refractivity contribution in [3.8, 4) is 0 Å². The number of halogens is 1. The lowest BCUT2D eigenvalue weighted by Crippen LogP contribution is -2.17. The number of hydrogen-bond acceptors (Lipinski definition) is 2. The van der Waals surface area contributed by atoms with Gasteiger partial charge in [-0.05, 0) is 23.7 Å². The summed E-state index contributed by atoms with van der Waals surface area (Å²) in [5.74, 6) is 1.57. The molecular formula is C13H19FOS. The molecule has 0 aliphatic heterocycles. The lowest BCUT2D eigenvalue weighted by atomic mass is 9.99. The molecule has 1 unspecified atom stereocenters. The van der Waals surface area contributed by atoms with Crippen molar-refractivity contribution in [1.82, 2.24) is 0 Å². The Bertz CT molecular complexity index is 315. The first kappa shape index (κ1) is 13.5. The monoisotopic (exact) mass is 242 g/mol. The number of hydrogen-bond donors (Lipinski definition) is 1. The van der Waals surface area contributed by atoms with Crippen molar-refractivity contribution in [2.75, 3.05) is 12.4 Å². The van der Waals surface area contributed by atoms with E-state index in [0.717, 1.165) is 5.75 Å². The molecule has 0 aromatic heterocycles. The van der Waals surface area contributed by atoms with Crippen molar-refractivity contribution in [2.24, 2.45) is 11.8 Å². The van der Waals surface area contributed by atoms with E-state index in [1.807, 2.05) is 6.07 Å². The second-order valence-corrected chi connectivity index (χ2v) is 4.66. The second-order valence-electron chi connectivity index (χ2n) is 4.29. The highest BCUT2D eigenvalue weighted by Crippen LogP contribution is 2.14. The SMILES string of the molecule is CC(C)C(CS)COCc1ccccc1F. The van der Waals surface area contributed by atoms with Crippen LogP contribution in [0.1, 0.15) is 19.4 Å². The first-order chi connectivity index (χ1) is 7.65. The Morgan fingerprint density at radius 1 is 1.31 bits per heavy atom. The van der Waals surface area contributed by atoms with Crippen molar-refractivity contribution < 1.29 is 9.13 Å². The van der Waals surface area contributed by atoms with Gasteiger partial charge in [-0.3, -0.25) is 0 Å². The van der Waals surface area contributed by atoms with Crippen LogP contribution in [0, 0.1) is 17.7 Å². The van der Waals surface area contributed by atoms with Crippen molar-refractivity contribution in [1.29, 1.82) is 0 Å². The van der Waals surface area contributed by atoms with Crippen LogP contribution in [0.4, 0.5) is 4.39 Å². The summed E-state index contributed by atoms with van der Waals surface area (Å²) in [6, 6.07) is 6.71. The quantitative estimate of drug-likeness (QED) is 0.751. The van der Waals surface area contributed by atoms with Gasteiger partial charge < -0.3 is 4.74 Å². The van der Waals surface area contributed by atoms with Crippen LogP contribution in [0.5, 0.6) is 0 Å². The minimum Gasteiger partial charge on any atom is -0.376 e. The molecule has 0 saturated heterocycles. The highest BCUT2D eigenvalue weighted by molar-refractivity contribution is 7.80. The molecule has 1 rings (SSSR count). The van der Waals surface area contributed by atoms with E-state index in [4.69, 9.17) is 4.74 Å². The van der Waals surface area contributed by atoms with Gasteiger partial charge in [-0.2, -0.15) is 12.6 Å². The minimum absolute atomic E-state index is 0.200. The van der Waals surface area contributed by atoms with Crippen molar-refractivity contribution >= 4 is 12.6 Å². The van der Waals surface area contributed by atoms with E-state index in [1.165, 1.54) is 6.07 Å². The van der Waals surface area contributed by atoms with Gasteiger partial charge in [-0.15, -0.1) is 0 Å². The Labute approximate surface area is 102 Å². The molecule has 0 N–H and O–H groups in total. The van der Waals surface area contributed by atoms with Gasteiger partial charge in [0, 0.05) is 5.56 Å². The largest absolute Gasteiger partial charge is 0.376 e. The Hall–Kier alpha value is -0.540. The number of benzene rings is 1. The van der Waals surface area contributed by atoms with Crippen LogP contribution >= 0.6 is 12.6 Å². The molecule has 0 spiro atoms. The number of rotatable bonds is 6. The fourth-order valence-electron chi connectivity index (χ4n) is 1.39. The molecular weight excluding hydrogens is 223 g/mol. The molecule has 90 valence electrons. The highest BCUT2D eigenvalue weighted by atomic mass is 32.1. The molecule has 0 amide bonds. The molecule has 3 heteroatoms. The first-order valence-corrected chi connectivity index (χ1v) is 6.20. The molecule has 0 aliphatic carbocycles. The Morgan fingerprint density at radius 2 is 2.00 bits per heavy atom. The maximum absolute atomic E-state index is 13.3. The average Bonchev–Trinajstić information content (AvgIpc) is 2.26. The number of ether oxygens (including phenoxy) is 1. The maximum atomic E-state index is 13.3. The smallest absolute Gasteiger partial charge is 0.128 e. The fraction of sp³-hybridized carbons (Fsp3) is 0.538. The average molecular weight is 242 g/mol. The van der Waals surface area contributed by atoms with Crippen LogP contribution in [0.15, 0.2) is 24.3 Å². The molecule has 0 aliphatic rings. The number of thiol groups is 1. The summed E-state index contributed by atoms with van der Waals surface area (Å²) in [6.07, 6.45) is 0. The van der Waals surface area contributed by atoms with Gasteiger partial charge in [0.05, 0.1) is 13.2 Å². The van der Waals surface area contributed by atoms with Gasteiger partial charge in [-0.25, -0.2) is 4.39 Å². The molecule has 0 heterocycles. The zero-order chi connectivity index (χ0) is 12.0. The van der Waals surface area contributed by atoms with Gasteiger partial charge in [0.25, 0.3) is 0 Å². The summed E-state index contributed by atoms with van der Waals surface area (Å²) in [7, 11) is 0. The van der Waals surface area contributed by atoms with Gasteiger partial charge in [0.2, 0.25) is 0 Å². The summed E-state index contributed by atoms with van der Waals surface area (Å²) in [6.45, 7) is 5.26. The van der Waals surface area contributed by atoms with E-state index < -0.39 is 0 Å².